The SMILES string of the molecule is CCOC1C(Br)CC1Oc1cc(C)ccc1[N+](=O)[O-]. The average Bonchev–Trinajstić information content (AvgIpc) is 2.35. The second-order valence-corrected chi connectivity index (χ2v) is 5.73. The summed E-state index contributed by atoms with van der Waals surface area (Å²) in [5, 5.41) is 11.0. The molecular formula is C13H16BrNO4. The third-order valence-electron chi connectivity index (χ3n) is 3.13. The van der Waals surface area contributed by atoms with Crippen LogP contribution in [-0.4, -0.2) is 28.6 Å². The molecule has 0 N–H and O–H groups in total. The summed E-state index contributed by atoms with van der Waals surface area (Å²) in [6.07, 6.45) is 0.602. The summed E-state index contributed by atoms with van der Waals surface area (Å²) in [6.45, 7) is 4.40. The van der Waals surface area contributed by atoms with Crippen molar-refractivity contribution in [3.8, 4) is 5.75 Å². The van der Waals surface area contributed by atoms with E-state index >= 15 is 0 Å². The number of aryl methyl sites for hydroxylation is 1. The summed E-state index contributed by atoms with van der Waals surface area (Å²) in [4.78, 5) is 10.8. The Hall–Kier alpha value is -1.14. The van der Waals surface area contributed by atoms with E-state index in [-0.39, 0.29) is 22.7 Å². The first-order chi connectivity index (χ1) is 9.02. The molecule has 0 aromatic heterocycles. The fraction of sp³-hybridized carbons (Fsp3) is 0.538. The maximum absolute atomic E-state index is 11.0. The zero-order chi connectivity index (χ0) is 14.0. The number of halogens is 1. The van der Waals surface area contributed by atoms with Gasteiger partial charge < -0.3 is 9.47 Å². The van der Waals surface area contributed by atoms with Crippen molar-refractivity contribution in [3.05, 3.63) is 33.9 Å². The number of benzene rings is 1. The molecule has 104 valence electrons. The van der Waals surface area contributed by atoms with Crippen LogP contribution in [0, 0.1) is 17.0 Å². The van der Waals surface area contributed by atoms with Gasteiger partial charge in [-0.25, -0.2) is 0 Å². The monoisotopic (exact) mass is 329 g/mol. The fourth-order valence-corrected chi connectivity index (χ4v) is 2.94. The molecule has 19 heavy (non-hydrogen) atoms. The van der Waals surface area contributed by atoms with Gasteiger partial charge in [-0.2, -0.15) is 0 Å². The van der Waals surface area contributed by atoms with Crippen molar-refractivity contribution < 1.29 is 14.4 Å². The average molecular weight is 330 g/mol. The van der Waals surface area contributed by atoms with Gasteiger partial charge in [0.2, 0.25) is 0 Å². The minimum atomic E-state index is -0.422. The Kier molecular flexibility index (Phi) is 4.42. The van der Waals surface area contributed by atoms with Crippen molar-refractivity contribution in [3.63, 3.8) is 0 Å². The summed E-state index contributed by atoms with van der Waals surface area (Å²) in [5.74, 6) is 0.319. The third kappa shape index (κ3) is 3.06. The largest absolute Gasteiger partial charge is 0.481 e. The van der Waals surface area contributed by atoms with Gasteiger partial charge in [-0.15, -0.1) is 0 Å². The minimum absolute atomic E-state index is 0.00105. The summed E-state index contributed by atoms with van der Waals surface area (Å²) >= 11 is 3.50. The number of ether oxygens (including phenoxy) is 2. The molecule has 0 heterocycles. The lowest BCUT2D eigenvalue weighted by molar-refractivity contribution is -0.386. The number of nitro groups is 1. The van der Waals surface area contributed by atoms with Crippen LogP contribution in [0.5, 0.6) is 5.75 Å². The van der Waals surface area contributed by atoms with Gasteiger partial charge >= 0.3 is 5.69 Å². The highest BCUT2D eigenvalue weighted by molar-refractivity contribution is 9.09. The lowest BCUT2D eigenvalue weighted by atomic mass is 9.91. The highest BCUT2D eigenvalue weighted by Gasteiger charge is 2.42. The van der Waals surface area contributed by atoms with Crippen molar-refractivity contribution in [1.82, 2.24) is 0 Å². The number of nitrogens with zero attached hydrogens (tertiary/aromatic N) is 1. The van der Waals surface area contributed by atoms with E-state index in [9.17, 15) is 10.1 Å². The number of hydrogen-bond acceptors (Lipinski definition) is 4. The van der Waals surface area contributed by atoms with E-state index in [2.05, 4.69) is 15.9 Å². The van der Waals surface area contributed by atoms with Crippen LogP contribution >= 0.6 is 15.9 Å². The van der Waals surface area contributed by atoms with Crippen LogP contribution in [0.15, 0.2) is 18.2 Å². The standard InChI is InChI=1S/C13H16BrNO4/c1-3-18-13-9(14)7-12(13)19-11-6-8(2)4-5-10(11)15(16)17/h4-6,9,12-13H,3,7H2,1-2H3. The van der Waals surface area contributed by atoms with Crippen LogP contribution < -0.4 is 4.74 Å². The molecule has 1 aromatic carbocycles. The van der Waals surface area contributed by atoms with Gasteiger partial charge in [0.05, 0.1) is 4.92 Å². The van der Waals surface area contributed by atoms with Gasteiger partial charge in [0.1, 0.15) is 12.2 Å². The van der Waals surface area contributed by atoms with Crippen molar-refractivity contribution >= 4 is 21.6 Å². The highest BCUT2D eigenvalue weighted by atomic mass is 79.9. The molecule has 1 saturated carbocycles. The molecule has 6 heteroatoms. The van der Waals surface area contributed by atoms with Gasteiger partial charge in [0.25, 0.3) is 0 Å². The zero-order valence-electron chi connectivity index (χ0n) is 10.8. The summed E-state index contributed by atoms with van der Waals surface area (Å²) in [5.41, 5.74) is 0.933. The molecule has 0 spiro atoms. The van der Waals surface area contributed by atoms with Gasteiger partial charge in [-0.05, 0) is 25.5 Å². The number of rotatable bonds is 5. The molecule has 1 fully saturated rings. The Morgan fingerprint density at radius 2 is 2.26 bits per heavy atom. The van der Waals surface area contributed by atoms with Crippen molar-refractivity contribution in [2.24, 2.45) is 0 Å². The molecule has 0 saturated heterocycles. The van der Waals surface area contributed by atoms with E-state index in [4.69, 9.17) is 9.47 Å². The Morgan fingerprint density at radius 3 is 2.84 bits per heavy atom. The Balaban J connectivity index is 2.15. The lowest BCUT2D eigenvalue weighted by Gasteiger charge is -2.40. The van der Waals surface area contributed by atoms with Crippen LogP contribution in [0.2, 0.25) is 0 Å². The first-order valence-corrected chi connectivity index (χ1v) is 7.12. The van der Waals surface area contributed by atoms with Crippen molar-refractivity contribution in [1.29, 1.82) is 0 Å². The van der Waals surface area contributed by atoms with Gasteiger partial charge in [0, 0.05) is 23.9 Å². The molecule has 1 aliphatic carbocycles. The maximum atomic E-state index is 11.0. The first-order valence-electron chi connectivity index (χ1n) is 6.20. The smallest absolute Gasteiger partial charge is 0.310 e. The molecule has 2 rings (SSSR count). The quantitative estimate of drug-likeness (QED) is 0.472. The molecule has 1 aliphatic rings. The Morgan fingerprint density at radius 1 is 1.53 bits per heavy atom. The second-order valence-electron chi connectivity index (χ2n) is 4.56. The molecule has 0 aliphatic heterocycles. The van der Waals surface area contributed by atoms with E-state index in [0.717, 1.165) is 12.0 Å². The highest BCUT2D eigenvalue weighted by Crippen LogP contribution is 2.37. The summed E-state index contributed by atoms with van der Waals surface area (Å²) < 4.78 is 11.3. The van der Waals surface area contributed by atoms with Gasteiger partial charge in [0.15, 0.2) is 5.75 Å². The maximum Gasteiger partial charge on any atom is 0.310 e. The van der Waals surface area contributed by atoms with E-state index < -0.39 is 4.92 Å². The van der Waals surface area contributed by atoms with Crippen LogP contribution in [-0.2, 0) is 4.74 Å². The van der Waals surface area contributed by atoms with E-state index in [1.165, 1.54) is 6.07 Å². The molecule has 3 atom stereocenters. The first kappa shape index (κ1) is 14.3. The third-order valence-corrected chi connectivity index (χ3v) is 4.02. The van der Waals surface area contributed by atoms with Crippen molar-refractivity contribution in [2.75, 3.05) is 6.61 Å². The van der Waals surface area contributed by atoms with Crippen LogP contribution in [0.4, 0.5) is 5.69 Å². The molecule has 0 amide bonds. The molecule has 1 aromatic rings. The van der Waals surface area contributed by atoms with E-state index in [1.807, 2.05) is 13.8 Å². The summed E-state index contributed by atoms with van der Waals surface area (Å²) in [6, 6.07) is 4.88. The molecule has 3 unspecified atom stereocenters. The fourth-order valence-electron chi connectivity index (χ4n) is 2.08. The number of hydrogen-bond donors (Lipinski definition) is 0. The van der Waals surface area contributed by atoms with Crippen LogP contribution in [0.25, 0.3) is 0 Å². The van der Waals surface area contributed by atoms with Crippen LogP contribution in [0.1, 0.15) is 18.9 Å². The zero-order valence-corrected chi connectivity index (χ0v) is 12.4. The molecule has 0 bridgehead atoms. The van der Waals surface area contributed by atoms with Gasteiger partial charge in [-0.3, -0.25) is 10.1 Å². The van der Waals surface area contributed by atoms with E-state index in [0.29, 0.717) is 12.4 Å². The second kappa shape index (κ2) is 5.88. The lowest BCUT2D eigenvalue weighted by Crippen LogP contribution is -2.52. The van der Waals surface area contributed by atoms with Gasteiger partial charge in [-0.1, -0.05) is 22.0 Å². The molecule has 0 radical (unpaired) electrons. The molecule has 5 nitrogen and oxygen atoms in total. The topological polar surface area (TPSA) is 61.6 Å². The van der Waals surface area contributed by atoms with Crippen molar-refractivity contribution in [2.45, 2.75) is 37.3 Å². The number of alkyl halides is 1. The predicted molar refractivity (Wildman–Crippen MR) is 75.0 cm³/mol. The normalized spacial score (nSPS) is 25.7. The molecular weight excluding hydrogens is 314 g/mol. The van der Waals surface area contributed by atoms with E-state index in [1.54, 1.807) is 12.1 Å². The Bertz CT molecular complexity index is 480. The Labute approximate surface area is 120 Å². The predicted octanol–water partition coefficient (Wildman–Crippen LogP) is 3.22. The summed E-state index contributed by atoms with van der Waals surface area (Å²) in [7, 11) is 0. The number of nitro benzene ring substituents is 1. The van der Waals surface area contributed by atoms with Crippen LogP contribution in [0.3, 0.4) is 0 Å². The minimum Gasteiger partial charge on any atom is -0.481 e.